The van der Waals surface area contributed by atoms with Gasteiger partial charge in [-0.1, -0.05) is 57.2 Å². The van der Waals surface area contributed by atoms with E-state index >= 15 is 0 Å². The fourth-order valence-electron chi connectivity index (χ4n) is 3.52. The highest BCUT2D eigenvalue weighted by atomic mass is 19.1. The van der Waals surface area contributed by atoms with Crippen LogP contribution in [0.2, 0.25) is 0 Å². The van der Waals surface area contributed by atoms with Crippen LogP contribution in [0.25, 0.3) is 0 Å². The number of hydrogen-bond donors (Lipinski definition) is 0. The smallest absolute Gasteiger partial charge is 0.242 e. The maximum atomic E-state index is 13.3. The lowest BCUT2D eigenvalue weighted by molar-refractivity contribution is -0.141. The largest absolute Gasteiger partial charge is 0.467 e. The van der Waals surface area contributed by atoms with E-state index in [0.717, 1.165) is 24.8 Å². The summed E-state index contributed by atoms with van der Waals surface area (Å²) in [5.41, 5.74) is 0.806. The molecular formula is C26H35FN2O3. The van der Waals surface area contributed by atoms with Crippen LogP contribution >= 0.6 is 0 Å². The van der Waals surface area contributed by atoms with Crippen LogP contribution in [0.3, 0.4) is 0 Å². The SMILES string of the molecule is C=CCN(CC(=O)N(Cc1ccc(F)cc1)Cc1ccco1)C(=O)CCCCCCCC. The maximum Gasteiger partial charge on any atom is 0.242 e. The summed E-state index contributed by atoms with van der Waals surface area (Å²) in [5.74, 6) is 0.0987. The van der Waals surface area contributed by atoms with Crippen LogP contribution in [0.4, 0.5) is 4.39 Å². The second-order valence-electron chi connectivity index (χ2n) is 8.04. The zero-order chi connectivity index (χ0) is 23.2. The zero-order valence-electron chi connectivity index (χ0n) is 19.1. The van der Waals surface area contributed by atoms with Crippen LogP contribution in [0.5, 0.6) is 0 Å². The summed E-state index contributed by atoms with van der Waals surface area (Å²) in [6.45, 7) is 6.79. The molecule has 0 bridgehead atoms. The molecule has 2 aromatic rings. The van der Waals surface area contributed by atoms with Crippen molar-refractivity contribution in [2.45, 2.75) is 65.0 Å². The molecule has 0 aliphatic rings. The van der Waals surface area contributed by atoms with Crippen molar-refractivity contribution in [2.75, 3.05) is 13.1 Å². The summed E-state index contributed by atoms with van der Waals surface area (Å²) < 4.78 is 18.7. The number of unbranched alkanes of at least 4 members (excludes halogenated alkanes) is 5. The van der Waals surface area contributed by atoms with E-state index in [2.05, 4.69) is 13.5 Å². The number of carbonyl (C=O) groups is 2. The molecule has 5 nitrogen and oxygen atoms in total. The third kappa shape index (κ3) is 9.08. The Kier molecular flexibility index (Phi) is 11.3. The van der Waals surface area contributed by atoms with Crippen LogP contribution in [0, 0.1) is 5.82 Å². The predicted molar refractivity (Wildman–Crippen MR) is 124 cm³/mol. The van der Waals surface area contributed by atoms with Crippen molar-refractivity contribution < 1.29 is 18.4 Å². The average Bonchev–Trinajstić information content (AvgIpc) is 3.30. The second kappa shape index (κ2) is 14.2. The number of carbonyl (C=O) groups excluding carboxylic acids is 2. The number of benzene rings is 1. The van der Waals surface area contributed by atoms with Gasteiger partial charge in [-0.05, 0) is 36.2 Å². The molecule has 32 heavy (non-hydrogen) atoms. The number of furan rings is 1. The number of halogens is 1. The monoisotopic (exact) mass is 442 g/mol. The summed E-state index contributed by atoms with van der Waals surface area (Å²) in [6.07, 6.45) is 10.2. The Bertz CT molecular complexity index is 818. The molecule has 6 heteroatoms. The minimum absolute atomic E-state index is 0.0252. The molecule has 0 saturated heterocycles. The Balaban J connectivity index is 1.99. The van der Waals surface area contributed by atoms with Crippen LogP contribution in [-0.2, 0) is 22.7 Å². The van der Waals surface area contributed by atoms with E-state index in [-0.39, 0.29) is 30.7 Å². The lowest BCUT2D eigenvalue weighted by Crippen LogP contribution is -2.42. The van der Waals surface area contributed by atoms with Crippen LogP contribution in [-0.4, -0.2) is 34.7 Å². The Morgan fingerprint density at radius 1 is 0.969 bits per heavy atom. The number of hydrogen-bond acceptors (Lipinski definition) is 3. The predicted octanol–water partition coefficient (Wildman–Crippen LogP) is 5.71. The quantitative estimate of drug-likeness (QED) is 0.262. The van der Waals surface area contributed by atoms with Gasteiger partial charge in [0, 0.05) is 19.5 Å². The molecular weight excluding hydrogens is 407 g/mol. The molecule has 1 aromatic heterocycles. The topological polar surface area (TPSA) is 53.8 Å². The molecule has 1 heterocycles. The van der Waals surface area contributed by atoms with Crippen molar-refractivity contribution in [1.82, 2.24) is 9.80 Å². The van der Waals surface area contributed by atoms with Crippen molar-refractivity contribution in [3.05, 3.63) is 72.5 Å². The molecule has 2 amide bonds. The van der Waals surface area contributed by atoms with Gasteiger partial charge in [-0.15, -0.1) is 6.58 Å². The van der Waals surface area contributed by atoms with E-state index in [4.69, 9.17) is 4.42 Å². The van der Waals surface area contributed by atoms with Crippen LogP contribution < -0.4 is 0 Å². The summed E-state index contributed by atoms with van der Waals surface area (Å²) in [7, 11) is 0. The number of amides is 2. The molecule has 0 radical (unpaired) electrons. The van der Waals surface area contributed by atoms with Crippen molar-refractivity contribution in [1.29, 1.82) is 0 Å². The van der Waals surface area contributed by atoms with Crippen molar-refractivity contribution >= 4 is 11.8 Å². The van der Waals surface area contributed by atoms with Gasteiger partial charge in [0.05, 0.1) is 12.8 Å². The van der Waals surface area contributed by atoms with E-state index in [9.17, 15) is 14.0 Å². The number of rotatable bonds is 15. The first kappa shape index (κ1) is 25.4. The minimum Gasteiger partial charge on any atom is -0.467 e. The van der Waals surface area contributed by atoms with Crippen LogP contribution in [0.15, 0.2) is 59.7 Å². The lowest BCUT2D eigenvalue weighted by atomic mass is 10.1. The third-order valence-electron chi connectivity index (χ3n) is 5.34. The zero-order valence-corrected chi connectivity index (χ0v) is 19.1. The molecule has 0 unspecified atom stereocenters. The Labute approximate surface area is 190 Å². The molecule has 0 aliphatic carbocycles. The fourth-order valence-corrected chi connectivity index (χ4v) is 3.52. The first-order chi connectivity index (χ1) is 15.5. The second-order valence-corrected chi connectivity index (χ2v) is 8.04. The van der Waals surface area contributed by atoms with Crippen molar-refractivity contribution in [2.24, 2.45) is 0 Å². The van der Waals surface area contributed by atoms with Crippen molar-refractivity contribution in [3.63, 3.8) is 0 Å². The molecule has 0 spiro atoms. The first-order valence-electron chi connectivity index (χ1n) is 11.5. The highest BCUT2D eigenvalue weighted by Crippen LogP contribution is 2.14. The van der Waals surface area contributed by atoms with E-state index in [1.54, 1.807) is 46.4 Å². The van der Waals surface area contributed by atoms with Gasteiger partial charge in [0.1, 0.15) is 18.1 Å². The van der Waals surface area contributed by atoms with E-state index < -0.39 is 0 Å². The summed E-state index contributed by atoms with van der Waals surface area (Å²) in [5, 5.41) is 0. The molecule has 0 atom stereocenters. The van der Waals surface area contributed by atoms with E-state index in [1.807, 2.05) is 0 Å². The average molecular weight is 443 g/mol. The Hall–Kier alpha value is -2.89. The third-order valence-corrected chi connectivity index (χ3v) is 5.34. The molecule has 0 aliphatic heterocycles. The van der Waals surface area contributed by atoms with Gasteiger partial charge in [-0.3, -0.25) is 9.59 Å². The van der Waals surface area contributed by atoms with Gasteiger partial charge in [-0.25, -0.2) is 4.39 Å². The van der Waals surface area contributed by atoms with E-state index in [0.29, 0.717) is 25.3 Å². The Morgan fingerprint density at radius 2 is 1.69 bits per heavy atom. The fraction of sp³-hybridized carbons (Fsp3) is 0.462. The molecule has 0 fully saturated rings. The van der Waals surface area contributed by atoms with Gasteiger partial charge in [0.2, 0.25) is 11.8 Å². The molecule has 2 rings (SSSR count). The molecule has 1 aromatic carbocycles. The first-order valence-corrected chi connectivity index (χ1v) is 11.5. The highest BCUT2D eigenvalue weighted by Gasteiger charge is 2.21. The van der Waals surface area contributed by atoms with Gasteiger partial charge >= 0.3 is 0 Å². The standard InChI is InChI=1S/C26H35FN2O3/c1-3-5-6-7-8-9-12-25(30)28(17-4-2)21-26(31)29(20-24-11-10-18-32-24)19-22-13-15-23(27)16-14-22/h4,10-11,13-16,18H,2-3,5-9,12,17,19-21H2,1H3. The normalized spacial score (nSPS) is 10.7. The maximum absolute atomic E-state index is 13.3. The number of nitrogens with zero attached hydrogens (tertiary/aromatic N) is 2. The molecule has 0 N–H and O–H groups in total. The molecule has 174 valence electrons. The van der Waals surface area contributed by atoms with Crippen LogP contribution in [0.1, 0.15) is 63.2 Å². The van der Waals surface area contributed by atoms with Gasteiger partial charge in [0.25, 0.3) is 0 Å². The minimum atomic E-state index is -0.324. The summed E-state index contributed by atoms with van der Waals surface area (Å²) in [4.78, 5) is 29.1. The van der Waals surface area contributed by atoms with E-state index in [1.165, 1.54) is 31.4 Å². The Morgan fingerprint density at radius 3 is 2.34 bits per heavy atom. The van der Waals surface area contributed by atoms with Gasteiger partial charge in [0.15, 0.2) is 0 Å². The summed E-state index contributed by atoms with van der Waals surface area (Å²) in [6, 6.07) is 9.63. The summed E-state index contributed by atoms with van der Waals surface area (Å²) >= 11 is 0. The van der Waals surface area contributed by atoms with Gasteiger partial charge < -0.3 is 14.2 Å². The highest BCUT2D eigenvalue weighted by molar-refractivity contribution is 5.85. The van der Waals surface area contributed by atoms with Gasteiger partial charge in [-0.2, -0.15) is 0 Å². The lowest BCUT2D eigenvalue weighted by Gasteiger charge is -2.27. The molecule has 0 saturated carbocycles. The van der Waals surface area contributed by atoms with Crippen molar-refractivity contribution in [3.8, 4) is 0 Å².